The number of hydrogen-bond donors (Lipinski definition) is 2. The molecular formula is C9H15NO5S2. The quantitative estimate of drug-likeness (QED) is 0.704. The van der Waals surface area contributed by atoms with Crippen LogP contribution < -0.4 is 5.32 Å². The Morgan fingerprint density at radius 1 is 1.47 bits per heavy atom. The molecule has 1 atom stereocenters. The molecule has 6 nitrogen and oxygen atoms in total. The van der Waals surface area contributed by atoms with E-state index in [9.17, 15) is 18.0 Å². The second-order valence-electron chi connectivity index (χ2n) is 4.12. The average Bonchev–Trinajstić information content (AvgIpc) is 2.63. The topological polar surface area (TPSA) is 101 Å². The molecule has 2 N–H and O–H groups in total. The maximum atomic E-state index is 11.5. The summed E-state index contributed by atoms with van der Waals surface area (Å²) in [5, 5.41) is 11.5. The Morgan fingerprint density at radius 3 is 2.53 bits per heavy atom. The van der Waals surface area contributed by atoms with Gasteiger partial charge in [-0.1, -0.05) is 0 Å². The molecule has 1 heterocycles. The van der Waals surface area contributed by atoms with E-state index in [-0.39, 0.29) is 12.2 Å². The van der Waals surface area contributed by atoms with Gasteiger partial charge in [-0.15, -0.1) is 0 Å². The number of rotatable bonds is 5. The molecule has 1 unspecified atom stereocenters. The molecule has 0 spiro atoms. The van der Waals surface area contributed by atoms with Crippen LogP contribution in [-0.4, -0.2) is 54.5 Å². The lowest BCUT2D eigenvalue weighted by Gasteiger charge is -2.24. The maximum absolute atomic E-state index is 11.5. The van der Waals surface area contributed by atoms with E-state index in [4.69, 9.17) is 5.11 Å². The molecule has 0 saturated carbocycles. The first-order valence-corrected chi connectivity index (χ1v) is 8.27. The normalized spacial score (nSPS) is 24.5. The van der Waals surface area contributed by atoms with Gasteiger partial charge in [-0.05, 0) is 12.2 Å². The highest BCUT2D eigenvalue weighted by Gasteiger charge is 2.43. The lowest BCUT2D eigenvalue weighted by atomic mass is 9.99. The predicted molar refractivity (Wildman–Crippen MR) is 64.8 cm³/mol. The highest BCUT2D eigenvalue weighted by molar-refractivity contribution is 7.99. The van der Waals surface area contributed by atoms with Gasteiger partial charge in [0.15, 0.2) is 0 Å². The maximum Gasteiger partial charge on any atom is 0.330 e. The van der Waals surface area contributed by atoms with Crippen molar-refractivity contribution in [1.29, 1.82) is 0 Å². The van der Waals surface area contributed by atoms with E-state index < -0.39 is 27.3 Å². The van der Waals surface area contributed by atoms with Crippen LogP contribution in [0.4, 0.5) is 0 Å². The van der Waals surface area contributed by atoms with Crippen molar-refractivity contribution in [2.24, 2.45) is 0 Å². The van der Waals surface area contributed by atoms with Gasteiger partial charge >= 0.3 is 5.97 Å². The van der Waals surface area contributed by atoms with Crippen LogP contribution in [0.1, 0.15) is 12.8 Å². The van der Waals surface area contributed by atoms with Crippen molar-refractivity contribution >= 4 is 33.5 Å². The number of nitrogens with one attached hydrogen (secondary N) is 1. The van der Waals surface area contributed by atoms with Crippen molar-refractivity contribution < 1.29 is 23.1 Å². The van der Waals surface area contributed by atoms with Crippen molar-refractivity contribution in [3.63, 3.8) is 0 Å². The molecule has 1 aliphatic rings. The minimum absolute atomic E-state index is 0.196. The lowest BCUT2D eigenvalue weighted by Crippen LogP contribution is -2.55. The number of amides is 1. The first-order valence-electron chi connectivity index (χ1n) is 5.05. The summed E-state index contributed by atoms with van der Waals surface area (Å²) in [6.45, 7) is 0. The fraction of sp³-hybridized carbons (Fsp3) is 0.778. The van der Waals surface area contributed by atoms with E-state index in [0.29, 0.717) is 17.9 Å². The number of aliphatic carboxylic acids is 1. The summed E-state index contributed by atoms with van der Waals surface area (Å²) in [5.74, 6) is -0.844. The second kappa shape index (κ2) is 5.26. The molecule has 0 aromatic heterocycles. The average molecular weight is 281 g/mol. The lowest BCUT2D eigenvalue weighted by molar-refractivity contribution is -0.146. The largest absolute Gasteiger partial charge is 0.479 e. The van der Waals surface area contributed by atoms with E-state index in [1.807, 2.05) is 0 Å². The number of thioether (sulfide) groups is 1. The van der Waals surface area contributed by atoms with Gasteiger partial charge in [-0.25, -0.2) is 13.2 Å². The Hall–Kier alpha value is -0.760. The summed E-state index contributed by atoms with van der Waals surface area (Å²) in [6, 6.07) is 0. The molecule has 1 fully saturated rings. The van der Waals surface area contributed by atoms with Crippen LogP contribution in [0.3, 0.4) is 0 Å². The Morgan fingerprint density at radius 2 is 2.12 bits per heavy atom. The summed E-state index contributed by atoms with van der Waals surface area (Å²) >= 11 is 1.46. The minimum Gasteiger partial charge on any atom is -0.479 e. The van der Waals surface area contributed by atoms with Gasteiger partial charge in [0.2, 0.25) is 5.91 Å². The molecular weight excluding hydrogens is 266 g/mol. The standard InChI is InChI=1S/C9H15NO5S2/c1-17(14,15)5-2-7(11)10-9(8(12)13)3-4-16-6-9/h2-6H2,1H3,(H,10,11)(H,12,13). The van der Waals surface area contributed by atoms with Crippen molar-refractivity contribution in [2.45, 2.75) is 18.4 Å². The van der Waals surface area contributed by atoms with Gasteiger partial charge < -0.3 is 10.4 Å². The van der Waals surface area contributed by atoms with Crippen molar-refractivity contribution in [1.82, 2.24) is 5.32 Å². The zero-order valence-electron chi connectivity index (χ0n) is 9.43. The van der Waals surface area contributed by atoms with E-state index >= 15 is 0 Å². The molecule has 0 aliphatic carbocycles. The SMILES string of the molecule is CS(=O)(=O)CCC(=O)NC1(C(=O)O)CCSC1. The molecule has 0 radical (unpaired) electrons. The number of carbonyl (C=O) groups is 2. The summed E-state index contributed by atoms with van der Waals surface area (Å²) in [7, 11) is -3.21. The Labute approximate surface area is 104 Å². The summed E-state index contributed by atoms with van der Waals surface area (Å²) in [4.78, 5) is 22.6. The number of carboxylic acids is 1. The number of carbonyl (C=O) groups excluding carboxylic acids is 1. The first-order chi connectivity index (χ1) is 7.75. The van der Waals surface area contributed by atoms with Crippen molar-refractivity contribution in [3.05, 3.63) is 0 Å². The summed E-state index contributed by atoms with van der Waals surface area (Å²) in [5.41, 5.74) is -1.22. The number of hydrogen-bond acceptors (Lipinski definition) is 5. The van der Waals surface area contributed by atoms with Gasteiger partial charge in [0, 0.05) is 18.4 Å². The zero-order valence-corrected chi connectivity index (χ0v) is 11.1. The van der Waals surface area contributed by atoms with Crippen molar-refractivity contribution in [2.75, 3.05) is 23.5 Å². The van der Waals surface area contributed by atoms with Crippen LogP contribution in [0.15, 0.2) is 0 Å². The third-order valence-corrected chi connectivity index (χ3v) is 4.65. The van der Waals surface area contributed by atoms with Crippen LogP contribution in [0.5, 0.6) is 0 Å². The van der Waals surface area contributed by atoms with Crippen LogP contribution >= 0.6 is 11.8 Å². The third-order valence-electron chi connectivity index (χ3n) is 2.51. The van der Waals surface area contributed by atoms with Crippen LogP contribution in [0, 0.1) is 0 Å². The van der Waals surface area contributed by atoms with Gasteiger partial charge in [0.1, 0.15) is 15.4 Å². The van der Waals surface area contributed by atoms with E-state index in [1.165, 1.54) is 11.8 Å². The molecule has 1 saturated heterocycles. The molecule has 98 valence electrons. The van der Waals surface area contributed by atoms with Gasteiger partial charge in [-0.2, -0.15) is 11.8 Å². The van der Waals surface area contributed by atoms with Crippen LogP contribution in [0.25, 0.3) is 0 Å². The highest BCUT2D eigenvalue weighted by Crippen LogP contribution is 2.28. The van der Waals surface area contributed by atoms with E-state index in [0.717, 1.165) is 6.26 Å². The van der Waals surface area contributed by atoms with E-state index in [1.54, 1.807) is 0 Å². The summed E-state index contributed by atoms with van der Waals surface area (Å²) in [6.07, 6.45) is 1.22. The zero-order chi connectivity index (χ0) is 13.1. The van der Waals surface area contributed by atoms with Crippen LogP contribution in [0.2, 0.25) is 0 Å². The monoisotopic (exact) mass is 281 g/mol. The second-order valence-corrected chi connectivity index (χ2v) is 7.48. The Balaban J connectivity index is 2.57. The van der Waals surface area contributed by atoms with Gasteiger partial charge in [-0.3, -0.25) is 4.79 Å². The van der Waals surface area contributed by atoms with Crippen molar-refractivity contribution in [3.8, 4) is 0 Å². The van der Waals surface area contributed by atoms with Gasteiger partial charge in [0.25, 0.3) is 0 Å². The highest BCUT2D eigenvalue weighted by atomic mass is 32.2. The smallest absolute Gasteiger partial charge is 0.330 e. The van der Waals surface area contributed by atoms with Gasteiger partial charge in [0.05, 0.1) is 5.75 Å². The Kier molecular flexibility index (Phi) is 4.42. The Bertz CT molecular complexity index is 411. The molecule has 1 aliphatic heterocycles. The fourth-order valence-electron chi connectivity index (χ4n) is 1.49. The number of sulfone groups is 1. The molecule has 0 aromatic rings. The fourth-order valence-corrected chi connectivity index (χ4v) is 3.37. The predicted octanol–water partition coefficient (Wildman–Crippen LogP) is -0.502. The molecule has 17 heavy (non-hydrogen) atoms. The van der Waals surface area contributed by atoms with Crippen LogP contribution in [-0.2, 0) is 19.4 Å². The molecule has 0 bridgehead atoms. The molecule has 1 amide bonds. The van der Waals surface area contributed by atoms with E-state index in [2.05, 4.69) is 5.32 Å². The summed E-state index contributed by atoms with van der Waals surface area (Å²) < 4.78 is 21.8. The minimum atomic E-state index is -3.21. The molecule has 0 aromatic carbocycles. The molecule has 1 rings (SSSR count). The molecule has 8 heteroatoms. The third kappa shape index (κ3) is 4.19. The number of carboxylic acid groups (broad SMARTS) is 1. The first kappa shape index (κ1) is 14.3.